The molecule has 220 valence electrons. The van der Waals surface area contributed by atoms with E-state index < -0.39 is 5.60 Å². The average Bonchev–Trinajstić information content (AvgIpc) is 3.54. The van der Waals surface area contributed by atoms with E-state index in [2.05, 4.69) is 57.7 Å². The Balaban J connectivity index is 1.02. The van der Waals surface area contributed by atoms with Crippen molar-refractivity contribution in [1.82, 2.24) is 19.5 Å². The number of carbonyl (C=O) groups is 2. The fraction of sp³-hybridized carbons (Fsp3) is 0.312. The third kappa shape index (κ3) is 4.93. The lowest BCUT2D eigenvalue weighted by molar-refractivity contribution is -0.184. The Morgan fingerprint density at radius 1 is 1.16 bits per heavy atom. The Hall–Kier alpha value is -4.32. The first-order valence-corrected chi connectivity index (χ1v) is 15.0. The number of likely N-dealkylation sites (tertiary alicyclic amines) is 1. The molecule has 4 aromatic rings. The molecule has 10 nitrogen and oxygen atoms in total. The number of amides is 2. The molecule has 0 spiro atoms. The van der Waals surface area contributed by atoms with Crippen LogP contribution in [0, 0.1) is 18.3 Å². The molecule has 1 atom stereocenters. The summed E-state index contributed by atoms with van der Waals surface area (Å²) >= 11 is 1.46. The van der Waals surface area contributed by atoms with Crippen LogP contribution < -0.4 is 10.6 Å². The molecule has 11 heteroatoms. The second-order valence-corrected chi connectivity index (χ2v) is 13.1. The van der Waals surface area contributed by atoms with Crippen LogP contribution in [0.4, 0.5) is 11.4 Å². The number of aromatic nitrogens is 3. The van der Waals surface area contributed by atoms with Crippen molar-refractivity contribution in [2.24, 2.45) is 11.3 Å². The number of ether oxygens (including phenoxy) is 1. The van der Waals surface area contributed by atoms with Crippen LogP contribution >= 0.6 is 11.3 Å². The van der Waals surface area contributed by atoms with Gasteiger partial charge in [-0.1, -0.05) is 50.3 Å². The Bertz CT molecular complexity index is 1810. The number of nitrogens with one attached hydrogen (secondary N) is 2. The number of allylic oxidation sites excluding steroid dienone is 3. The van der Waals surface area contributed by atoms with Gasteiger partial charge in [-0.2, -0.15) is 5.10 Å². The summed E-state index contributed by atoms with van der Waals surface area (Å²) in [6.45, 7) is 7.95. The summed E-state index contributed by atoms with van der Waals surface area (Å²) in [7, 11) is 0. The van der Waals surface area contributed by atoms with E-state index in [1.807, 2.05) is 30.5 Å². The summed E-state index contributed by atoms with van der Waals surface area (Å²) in [6, 6.07) is 9.44. The van der Waals surface area contributed by atoms with Crippen LogP contribution in [0.15, 0.2) is 72.8 Å². The number of anilines is 2. The molecule has 3 aliphatic rings. The van der Waals surface area contributed by atoms with Crippen molar-refractivity contribution in [1.29, 1.82) is 0 Å². The van der Waals surface area contributed by atoms with Crippen molar-refractivity contribution in [2.75, 3.05) is 36.9 Å². The number of pyridine rings is 1. The van der Waals surface area contributed by atoms with E-state index in [-0.39, 0.29) is 23.8 Å². The summed E-state index contributed by atoms with van der Waals surface area (Å²) < 4.78 is 6.85. The molecule has 2 aliphatic heterocycles. The van der Waals surface area contributed by atoms with Crippen LogP contribution in [-0.4, -0.2) is 62.7 Å². The summed E-state index contributed by atoms with van der Waals surface area (Å²) in [6.07, 6.45) is 11.4. The van der Waals surface area contributed by atoms with E-state index >= 15 is 0 Å². The molecule has 5 heterocycles. The number of nitrogens with zero attached hydrogens (tertiary/aromatic N) is 4. The molecule has 1 aromatic carbocycles. The molecule has 3 aromatic heterocycles. The van der Waals surface area contributed by atoms with Gasteiger partial charge in [-0.15, -0.1) is 11.3 Å². The van der Waals surface area contributed by atoms with Gasteiger partial charge in [-0.05, 0) is 35.6 Å². The van der Waals surface area contributed by atoms with Gasteiger partial charge >= 0.3 is 0 Å². The number of carbonyl (C=O) groups excluding carboxylic acids is 2. The van der Waals surface area contributed by atoms with Crippen LogP contribution in [0.5, 0.6) is 0 Å². The third-order valence-electron chi connectivity index (χ3n) is 8.60. The van der Waals surface area contributed by atoms with Gasteiger partial charge < -0.3 is 25.4 Å². The highest BCUT2D eigenvalue weighted by Gasteiger charge is 2.43. The molecule has 0 saturated carbocycles. The molecule has 2 amide bonds. The number of hydrogen-bond donors (Lipinski definition) is 3. The van der Waals surface area contributed by atoms with Crippen LogP contribution in [0.3, 0.4) is 0 Å². The standard InChI is InChI=1S/C32H32N6O4S/c1-19-25(11-22(12-33-19)35-28(39)16-37-14-24-26(37)5-4-10-31(24,2)3)36-29(40)23-13-34-38-15-27(43-30(23)38)20-6-8-21(9-7-20)32(41)17-42-18-32/h4-13,15,24,41H,14,16-18H2,1-3H3,(H,35,39)(H,36,40). The van der Waals surface area contributed by atoms with E-state index in [4.69, 9.17) is 4.74 Å². The monoisotopic (exact) mass is 596 g/mol. The predicted octanol–water partition coefficient (Wildman–Crippen LogP) is 4.59. The van der Waals surface area contributed by atoms with Gasteiger partial charge in [-0.25, -0.2) is 4.52 Å². The van der Waals surface area contributed by atoms with Gasteiger partial charge in [0.1, 0.15) is 10.4 Å². The molecule has 0 radical (unpaired) electrons. The minimum atomic E-state index is -0.916. The summed E-state index contributed by atoms with van der Waals surface area (Å²) in [5.41, 5.74) is 4.26. The molecule has 2 saturated heterocycles. The van der Waals surface area contributed by atoms with E-state index in [1.165, 1.54) is 17.0 Å². The minimum absolute atomic E-state index is 0.0954. The lowest BCUT2D eigenvalue weighted by Crippen LogP contribution is -2.53. The first-order chi connectivity index (χ1) is 20.6. The number of hydrogen-bond acceptors (Lipinski definition) is 8. The Morgan fingerprint density at radius 2 is 1.95 bits per heavy atom. The van der Waals surface area contributed by atoms with Crippen molar-refractivity contribution < 1.29 is 19.4 Å². The maximum Gasteiger partial charge on any atom is 0.260 e. The van der Waals surface area contributed by atoms with Gasteiger partial charge in [0.15, 0.2) is 0 Å². The predicted molar refractivity (Wildman–Crippen MR) is 165 cm³/mol. The Labute approximate surface area is 252 Å². The Kier molecular flexibility index (Phi) is 6.49. The van der Waals surface area contributed by atoms with Crippen molar-refractivity contribution in [3.63, 3.8) is 0 Å². The zero-order valence-corrected chi connectivity index (χ0v) is 24.9. The van der Waals surface area contributed by atoms with Gasteiger partial charge in [0.05, 0.1) is 59.7 Å². The maximum atomic E-state index is 13.4. The van der Waals surface area contributed by atoms with Crippen LogP contribution in [-0.2, 0) is 15.1 Å². The average molecular weight is 597 g/mol. The van der Waals surface area contributed by atoms with Crippen LogP contribution in [0.1, 0.15) is 35.5 Å². The van der Waals surface area contributed by atoms with Crippen LogP contribution in [0.2, 0.25) is 0 Å². The number of aliphatic hydroxyl groups is 1. The normalized spacial score (nSPS) is 19.7. The first-order valence-electron chi connectivity index (χ1n) is 14.2. The largest absolute Gasteiger partial charge is 0.380 e. The van der Waals surface area contributed by atoms with Crippen molar-refractivity contribution in [2.45, 2.75) is 26.4 Å². The van der Waals surface area contributed by atoms with E-state index in [0.29, 0.717) is 46.6 Å². The number of rotatable bonds is 7. The SMILES string of the molecule is Cc1ncc(NC(=O)CN2CC3C2=CC=CC3(C)C)cc1NC(=O)c1cnn2cc(-c3ccc(C4(O)COC4)cc3)sc12. The molecule has 7 rings (SSSR count). The van der Waals surface area contributed by atoms with E-state index in [9.17, 15) is 14.7 Å². The number of aryl methyl sites for hydroxylation is 1. The summed E-state index contributed by atoms with van der Waals surface area (Å²) in [5, 5.41) is 20.8. The van der Waals surface area contributed by atoms with Crippen molar-refractivity contribution in [3.8, 4) is 10.4 Å². The number of benzene rings is 1. The highest BCUT2D eigenvalue weighted by atomic mass is 32.1. The third-order valence-corrected chi connectivity index (χ3v) is 9.76. The molecule has 43 heavy (non-hydrogen) atoms. The maximum absolute atomic E-state index is 13.4. The molecule has 1 unspecified atom stereocenters. The first kappa shape index (κ1) is 27.5. The highest BCUT2D eigenvalue weighted by Crippen LogP contribution is 2.45. The molecule has 1 aliphatic carbocycles. The quantitative estimate of drug-likeness (QED) is 0.286. The molecule has 2 fully saturated rings. The van der Waals surface area contributed by atoms with Crippen LogP contribution in [0.25, 0.3) is 15.3 Å². The Morgan fingerprint density at radius 3 is 2.70 bits per heavy atom. The second-order valence-electron chi connectivity index (χ2n) is 12.1. The summed E-state index contributed by atoms with van der Waals surface area (Å²) in [4.78, 5) is 34.4. The fourth-order valence-electron chi connectivity index (χ4n) is 5.81. The lowest BCUT2D eigenvalue weighted by Gasteiger charge is -2.51. The molecular weight excluding hydrogens is 564 g/mol. The molecular formula is C32H32N6O4S. The lowest BCUT2D eigenvalue weighted by atomic mass is 9.69. The smallest absolute Gasteiger partial charge is 0.260 e. The van der Waals surface area contributed by atoms with Gasteiger partial charge in [0.2, 0.25) is 5.91 Å². The zero-order valence-electron chi connectivity index (χ0n) is 24.1. The minimum Gasteiger partial charge on any atom is -0.380 e. The topological polar surface area (TPSA) is 121 Å². The van der Waals surface area contributed by atoms with Gasteiger partial charge in [0.25, 0.3) is 5.91 Å². The molecule has 3 N–H and O–H groups in total. The van der Waals surface area contributed by atoms with Gasteiger partial charge in [0, 0.05) is 24.4 Å². The highest BCUT2D eigenvalue weighted by molar-refractivity contribution is 7.21. The second kappa shape index (κ2) is 10.1. The fourth-order valence-corrected chi connectivity index (χ4v) is 6.87. The zero-order chi connectivity index (χ0) is 29.9. The molecule has 0 bridgehead atoms. The number of thiazole rings is 1. The van der Waals surface area contributed by atoms with E-state index in [0.717, 1.165) is 22.5 Å². The van der Waals surface area contributed by atoms with E-state index in [1.54, 1.807) is 29.9 Å². The summed E-state index contributed by atoms with van der Waals surface area (Å²) in [5.74, 6) is -0.0158. The van der Waals surface area contributed by atoms with Crippen molar-refractivity contribution >= 4 is 39.4 Å². The van der Waals surface area contributed by atoms with Gasteiger partial charge in [-0.3, -0.25) is 14.6 Å². The number of fused-ring (bicyclic) bond motifs is 2. The van der Waals surface area contributed by atoms with Crippen molar-refractivity contribution in [3.05, 3.63) is 89.7 Å².